The van der Waals surface area contributed by atoms with Crippen molar-refractivity contribution in [3.8, 4) is 5.75 Å². The number of anilines is 1. The van der Waals surface area contributed by atoms with Gasteiger partial charge in [-0.15, -0.1) is 0 Å². The zero-order chi connectivity index (χ0) is 19.8. The van der Waals surface area contributed by atoms with Crippen molar-refractivity contribution in [1.82, 2.24) is 10.1 Å². The molecule has 0 N–H and O–H groups in total. The molecule has 7 heteroatoms. The van der Waals surface area contributed by atoms with Crippen LogP contribution in [0.2, 0.25) is 0 Å². The standard InChI is InChI=1S/C22H19N3O4/c26-21-18-12-16(14-25(18)22(27)20-10-11-23-29-20)28-19-9-5-4-8-17(19)24(21)13-15-6-2-1-3-7-15/h1-11,16,18H,12-14H2. The molecule has 3 aromatic rings. The van der Waals surface area contributed by atoms with Crippen LogP contribution in [-0.2, 0) is 11.3 Å². The largest absolute Gasteiger partial charge is 0.486 e. The first kappa shape index (κ1) is 17.5. The number of aromatic nitrogens is 1. The fraction of sp³-hybridized carbons (Fsp3) is 0.227. The van der Waals surface area contributed by atoms with E-state index in [-0.39, 0.29) is 23.7 Å². The van der Waals surface area contributed by atoms with Gasteiger partial charge in [0.05, 0.1) is 25.0 Å². The zero-order valence-electron chi connectivity index (χ0n) is 15.6. The van der Waals surface area contributed by atoms with Crippen LogP contribution in [0.4, 0.5) is 5.69 Å². The summed E-state index contributed by atoms with van der Waals surface area (Å²) in [6, 6.07) is 18.2. The van der Waals surface area contributed by atoms with Crippen molar-refractivity contribution in [2.45, 2.75) is 25.1 Å². The van der Waals surface area contributed by atoms with Gasteiger partial charge < -0.3 is 19.1 Å². The topological polar surface area (TPSA) is 75.9 Å². The lowest BCUT2D eigenvalue weighted by atomic mass is 10.1. The summed E-state index contributed by atoms with van der Waals surface area (Å²) in [5.74, 6) is 0.293. The van der Waals surface area contributed by atoms with Gasteiger partial charge in [-0.05, 0) is 17.7 Å². The first-order valence-corrected chi connectivity index (χ1v) is 9.53. The molecule has 29 heavy (non-hydrogen) atoms. The summed E-state index contributed by atoms with van der Waals surface area (Å²) in [6.45, 7) is 0.717. The molecule has 1 saturated heterocycles. The molecule has 2 unspecified atom stereocenters. The van der Waals surface area contributed by atoms with Crippen LogP contribution in [0.25, 0.3) is 0 Å². The quantitative estimate of drug-likeness (QED) is 0.689. The molecule has 2 atom stereocenters. The monoisotopic (exact) mass is 389 g/mol. The molecule has 2 aliphatic heterocycles. The SMILES string of the molecule is O=C1C2CC(CN2C(=O)c2ccno2)Oc2ccccc2N1Cc1ccccc1. The smallest absolute Gasteiger partial charge is 0.293 e. The molecule has 1 fully saturated rings. The van der Waals surface area contributed by atoms with Gasteiger partial charge in [-0.3, -0.25) is 9.59 Å². The van der Waals surface area contributed by atoms with Gasteiger partial charge in [0.25, 0.3) is 5.91 Å². The molecule has 1 aromatic heterocycles. The molecule has 5 rings (SSSR count). The van der Waals surface area contributed by atoms with Crippen LogP contribution in [0.1, 0.15) is 22.5 Å². The van der Waals surface area contributed by atoms with Crippen LogP contribution < -0.4 is 9.64 Å². The molecular formula is C22H19N3O4. The fourth-order valence-electron chi connectivity index (χ4n) is 4.00. The molecule has 146 valence electrons. The second-order valence-corrected chi connectivity index (χ2v) is 7.20. The van der Waals surface area contributed by atoms with Crippen molar-refractivity contribution in [1.29, 1.82) is 0 Å². The van der Waals surface area contributed by atoms with Crippen LogP contribution in [0.5, 0.6) is 5.75 Å². The van der Waals surface area contributed by atoms with E-state index in [1.54, 1.807) is 4.90 Å². The summed E-state index contributed by atoms with van der Waals surface area (Å²) in [5.41, 5.74) is 1.71. The highest BCUT2D eigenvalue weighted by atomic mass is 16.5. The van der Waals surface area contributed by atoms with Gasteiger partial charge in [-0.1, -0.05) is 47.6 Å². The van der Waals surface area contributed by atoms with Gasteiger partial charge in [-0.25, -0.2) is 0 Å². The van der Waals surface area contributed by atoms with E-state index in [0.717, 1.165) is 5.56 Å². The number of fused-ring (bicyclic) bond motifs is 3. The molecule has 2 aliphatic rings. The summed E-state index contributed by atoms with van der Waals surface area (Å²) in [5, 5.41) is 3.61. The molecule has 3 heterocycles. The number of nitrogens with zero attached hydrogens (tertiary/aromatic N) is 3. The van der Waals surface area contributed by atoms with Crippen LogP contribution in [-0.4, -0.2) is 40.6 Å². The molecule has 0 radical (unpaired) electrons. The Labute approximate surface area is 167 Å². The van der Waals surface area contributed by atoms with Crippen molar-refractivity contribution in [3.05, 3.63) is 78.2 Å². The Morgan fingerprint density at radius 3 is 2.66 bits per heavy atom. The summed E-state index contributed by atoms with van der Waals surface area (Å²) in [4.78, 5) is 29.8. The third-order valence-electron chi connectivity index (χ3n) is 5.36. The number of hydrogen-bond donors (Lipinski definition) is 0. The number of para-hydroxylation sites is 2. The average Bonchev–Trinajstić information content (AvgIpc) is 3.42. The molecular weight excluding hydrogens is 370 g/mol. The number of ether oxygens (including phenoxy) is 1. The van der Waals surface area contributed by atoms with Crippen LogP contribution in [0.15, 0.2) is 71.4 Å². The number of likely N-dealkylation sites (tertiary alicyclic amines) is 1. The number of hydrogen-bond acceptors (Lipinski definition) is 5. The minimum Gasteiger partial charge on any atom is -0.486 e. The number of carbonyl (C=O) groups excluding carboxylic acids is 2. The third kappa shape index (κ3) is 3.14. The predicted molar refractivity (Wildman–Crippen MR) is 104 cm³/mol. The molecule has 2 amide bonds. The van der Waals surface area contributed by atoms with E-state index in [9.17, 15) is 9.59 Å². The molecule has 2 bridgehead atoms. The van der Waals surface area contributed by atoms with Crippen LogP contribution >= 0.6 is 0 Å². The number of rotatable bonds is 3. The number of benzene rings is 2. The Hall–Kier alpha value is -3.61. The first-order valence-electron chi connectivity index (χ1n) is 9.53. The van der Waals surface area contributed by atoms with Crippen LogP contribution in [0, 0.1) is 0 Å². The fourth-order valence-corrected chi connectivity index (χ4v) is 4.00. The Morgan fingerprint density at radius 2 is 1.86 bits per heavy atom. The maximum atomic E-state index is 13.6. The van der Waals surface area contributed by atoms with E-state index in [0.29, 0.717) is 30.9 Å². The summed E-state index contributed by atoms with van der Waals surface area (Å²) < 4.78 is 11.2. The van der Waals surface area contributed by atoms with Crippen LogP contribution in [0.3, 0.4) is 0 Å². The summed E-state index contributed by atoms with van der Waals surface area (Å²) in [7, 11) is 0. The highest BCUT2D eigenvalue weighted by Gasteiger charge is 2.45. The van der Waals surface area contributed by atoms with E-state index in [4.69, 9.17) is 9.26 Å². The van der Waals surface area contributed by atoms with E-state index in [1.165, 1.54) is 17.2 Å². The summed E-state index contributed by atoms with van der Waals surface area (Å²) >= 11 is 0. The maximum absolute atomic E-state index is 13.6. The minimum atomic E-state index is -0.616. The van der Waals surface area contributed by atoms with E-state index in [2.05, 4.69) is 5.16 Å². The van der Waals surface area contributed by atoms with Crippen molar-refractivity contribution >= 4 is 17.5 Å². The maximum Gasteiger partial charge on any atom is 0.293 e. The highest BCUT2D eigenvalue weighted by molar-refractivity contribution is 6.03. The van der Waals surface area contributed by atoms with Crippen molar-refractivity contribution in [2.24, 2.45) is 0 Å². The Balaban J connectivity index is 1.54. The lowest BCUT2D eigenvalue weighted by Crippen LogP contribution is -2.47. The van der Waals surface area contributed by atoms with Gasteiger partial charge in [0.15, 0.2) is 0 Å². The van der Waals surface area contributed by atoms with Gasteiger partial charge in [0.1, 0.15) is 17.9 Å². The lowest BCUT2D eigenvalue weighted by molar-refractivity contribution is -0.122. The van der Waals surface area contributed by atoms with Gasteiger partial charge >= 0.3 is 0 Å². The number of amides is 2. The number of carbonyl (C=O) groups is 2. The highest BCUT2D eigenvalue weighted by Crippen LogP contribution is 2.37. The van der Waals surface area contributed by atoms with Gasteiger partial charge in [-0.2, -0.15) is 0 Å². The summed E-state index contributed by atoms with van der Waals surface area (Å²) in [6.07, 6.45) is 1.61. The van der Waals surface area contributed by atoms with Gasteiger partial charge in [0.2, 0.25) is 11.7 Å². The Kier molecular flexibility index (Phi) is 4.27. The third-order valence-corrected chi connectivity index (χ3v) is 5.36. The van der Waals surface area contributed by atoms with E-state index < -0.39 is 6.04 Å². The first-order chi connectivity index (χ1) is 14.2. The molecule has 2 aromatic carbocycles. The molecule has 0 spiro atoms. The zero-order valence-corrected chi connectivity index (χ0v) is 15.6. The minimum absolute atomic E-state index is 0.120. The Morgan fingerprint density at radius 1 is 1.07 bits per heavy atom. The van der Waals surface area contributed by atoms with E-state index in [1.807, 2.05) is 54.6 Å². The van der Waals surface area contributed by atoms with Crippen molar-refractivity contribution in [2.75, 3.05) is 11.4 Å². The molecule has 7 nitrogen and oxygen atoms in total. The van der Waals surface area contributed by atoms with E-state index >= 15 is 0 Å². The normalized spacial score (nSPS) is 20.6. The molecule has 0 aliphatic carbocycles. The molecule has 0 saturated carbocycles. The second-order valence-electron chi connectivity index (χ2n) is 7.20. The van der Waals surface area contributed by atoms with Crippen molar-refractivity contribution in [3.63, 3.8) is 0 Å². The predicted octanol–water partition coefficient (Wildman–Crippen LogP) is 2.88. The Bertz CT molecular complexity index is 1040. The van der Waals surface area contributed by atoms with Gasteiger partial charge in [0, 0.05) is 12.5 Å². The lowest BCUT2D eigenvalue weighted by Gasteiger charge is -2.31. The van der Waals surface area contributed by atoms with Crippen molar-refractivity contribution < 1.29 is 18.8 Å². The second kappa shape index (κ2) is 7.09. The average molecular weight is 389 g/mol.